The van der Waals surface area contributed by atoms with Gasteiger partial charge in [-0.15, -0.1) is 0 Å². The molecule has 1 aromatic carbocycles. The first-order chi connectivity index (χ1) is 10.4. The molecular formula is C17H22FN3O. The first-order valence-electron chi connectivity index (χ1n) is 7.43. The van der Waals surface area contributed by atoms with E-state index in [2.05, 4.69) is 5.10 Å². The van der Waals surface area contributed by atoms with Gasteiger partial charge >= 0.3 is 0 Å². The van der Waals surface area contributed by atoms with E-state index in [0.717, 1.165) is 29.1 Å². The number of carbonyl (C=O) groups is 1. The molecule has 0 saturated heterocycles. The zero-order valence-corrected chi connectivity index (χ0v) is 13.6. The quantitative estimate of drug-likeness (QED) is 0.852. The van der Waals surface area contributed by atoms with E-state index < -0.39 is 0 Å². The fourth-order valence-electron chi connectivity index (χ4n) is 2.51. The van der Waals surface area contributed by atoms with Crippen molar-refractivity contribution in [2.75, 3.05) is 7.05 Å². The highest BCUT2D eigenvalue weighted by molar-refractivity contribution is 5.78. The van der Waals surface area contributed by atoms with Crippen molar-refractivity contribution < 1.29 is 9.18 Å². The van der Waals surface area contributed by atoms with Crippen molar-refractivity contribution in [3.63, 3.8) is 0 Å². The lowest BCUT2D eigenvalue weighted by atomic mass is 10.1. The second-order valence-electron chi connectivity index (χ2n) is 5.52. The number of likely N-dealkylation sites (N-methyl/N-ethyl adjacent to an activating group) is 1. The van der Waals surface area contributed by atoms with Crippen molar-refractivity contribution in [3.8, 4) is 0 Å². The van der Waals surface area contributed by atoms with Crippen LogP contribution in [0.4, 0.5) is 4.39 Å². The molecule has 5 heteroatoms. The first-order valence-corrected chi connectivity index (χ1v) is 7.43. The number of nitrogens with zero attached hydrogens (tertiary/aromatic N) is 3. The number of rotatable bonds is 5. The molecule has 1 amide bonds. The van der Waals surface area contributed by atoms with E-state index in [9.17, 15) is 9.18 Å². The molecule has 1 aromatic heterocycles. The lowest BCUT2D eigenvalue weighted by Crippen LogP contribution is -2.28. The Bertz CT molecular complexity index is 661. The molecular weight excluding hydrogens is 281 g/mol. The van der Waals surface area contributed by atoms with Crippen LogP contribution in [0.1, 0.15) is 29.4 Å². The second-order valence-corrected chi connectivity index (χ2v) is 5.52. The molecule has 0 saturated carbocycles. The molecule has 0 aliphatic heterocycles. The van der Waals surface area contributed by atoms with E-state index in [1.807, 2.05) is 25.5 Å². The standard InChI is InChI=1S/C17H22FN3O/c1-5-21-13(3)16(12(2)19-21)11-20(4)17(22)10-14-6-8-15(18)9-7-14/h6-9H,5,10-11H2,1-4H3. The van der Waals surface area contributed by atoms with E-state index in [1.54, 1.807) is 24.1 Å². The van der Waals surface area contributed by atoms with Crippen molar-refractivity contribution in [3.05, 3.63) is 52.6 Å². The molecule has 2 aromatic rings. The summed E-state index contributed by atoms with van der Waals surface area (Å²) in [6.45, 7) is 7.40. The van der Waals surface area contributed by atoms with Gasteiger partial charge in [0.25, 0.3) is 0 Å². The summed E-state index contributed by atoms with van der Waals surface area (Å²) in [4.78, 5) is 14.0. The normalized spacial score (nSPS) is 10.8. The number of carbonyl (C=O) groups excluding carboxylic acids is 1. The number of benzene rings is 1. The molecule has 0 aliphatic carbocycles. The maximum Gasteiger partial charge on any atom is 0.227 e. The highest BCUT2D eigenvalue weighted by atomic mass is 19.1. The highest BCUT2D eigenvalue weighted by Gasteiger charge is 2.16. The third kappa shape index (κ3) is 3.53. The summed E-state index contributed by atoms with van der Waals surface area (Å²) in [6, 6.07) is 6.05. The molecule has 0 radical (unpaired) electrons. The number of aromatic nitrogens is 2. The lowest BCUT2D eigenvalue weighted by molar-refractivity contribution is -0.129. The van der Waals surface area contributed by atoms with Crippen LogP contribution in [0.3, 0.4) is 0 Å². The number of hydrogen-bond donors (Lipinski definition) is 0. The van der Waals surface area contributed by atoms with Crippen molar-refractivity contribution in [2.24, 2.45) is 0 Å². The minimum Gasteiger partial charge on any atom is -0.341 e. The first kappa shape index (κ1) is 16.2. The van der Waals surface area contributed by atoms with E-state index in [-0.39, 0.29) is 18.1 Å². The van der Waals surface area contributed by atoms with Crippen LogP contribution in [0.15, 0.2) is 24.3 Å². The van der Waals surface area contributed by atoms with Gasteiger partial charge in [-0.25, -0.2) is 4.39 Å². The van der Waals surface area contributed by atoms with Crippen molar-refractivity contribution in [1.29, 1.82) is 0 Å². The largest absolute Gasteiger partial charge is 0.341 e. The summed E-state index contributed by atoms with van der Waals surface area (Å²) >= 11 is 0. The average molecular weight is 303 g/mol. The second kappa shape index (κ2) is 6.73. The topological polar surface area (TPSA) is 38.1 Å². The van der Waals surface area contributed by atoms with Gasteiger partial charge in [-0.3, -0.25) is 9.48 Å². The van der Waals surface area contributed by atoms with Crippen LogP contribution in [-0.2, 0) is 24.3 Å². The SMILES string of the molecule is CCn1nc(C)c(CN(C)C(=O)Cc2ccc(F)cc2)c1C. The van der Waals surface area contributed by atoms with Gasteiger partial charge < -0.3 is 4.90 Å². The molecule has 0 aliphatic rings. The van der Waals surface area contributed by atoms with Gasteiger partial charge in [0, 0.05) is 31.4 Å². The van der Waals surface area contributed by atoms with Crippen LogP contribution in [0.2, 0.25) is 0 Å². The van der Waals surface area contributed by atoms with Gasteiger partial charge in [0.2, 0.25) is 5.91 Å². The molecule has 0 atom stereocenters. The van der Waals surface area contributed by atoms with Crippen LogP contribution in [0.5, 0.6) is 0 Å². The van der Waals surface area contributed by atoms with E-state index in [0.29, 0.717) is 6.54 Å². The predicted molar refractivity (Wildman–Crippen MR) is 84.0 cm³/mol. The molecule has 0 bridgehead atoms. The van der Waals surface area contributed by atoms with E-state index in [4.69, 9.17) is 0 Å². The minimum atomic E-state index is -0.289. The Morgan fingerprint density at radius 2 is 1.91 bits per heavy atom. The minimum absolute atomic E-state index is 0.00894. The average Bonchev–Trinajstić information content (AvgIpc) is 2.76. The fourth-order valence-corrected chi connectivity index (χ4v) is 2.51. The molecule has 0 unspecified atom stereocenters. The van der Waals surface area contributed by atoms with Crippen LogP contribution in [0, 0.1) is 19.7 Å². The zero-order chi connectivity index (χ0) is 16.3. The van der Waals surface area contributed by atoms with E-state index in [1.165, 1.54) is 12.1 Å². The summed E-state index contributed by atoms with van der Waals surface area (Å²) in [5, 5.41) is 4.47. The zero-order valence-electron chi connectivity index (χ0n) is 13.6. The summed E-state index contributed by atoms with van der Waals surface area (Å²) < 4.78 is 14.8. The van der Waals surface area contributed by atoms with Crippen LogP contribution < -0.4 is 0 Å². The Morgan fingerprint density at radius 3 is 2.45 bits per heavy atom. The smallest absolute Gasteiger partial charge is 0.227 e. The number of halogens is 1. The van der Waals surface area contributed by atoms with Gasteiger partial charge in [-0.2, -0.15) is 5.10 Å². The summed E-state index contributed by atoms with van der Waals surface area (Å²) in [7, 11) is 1.79. The van der Waals surface area contributed by atoms with Gasteiger partial charge in [-0.1, -0.05) is 12.1 Å². The molecule has 0 N–H and O–H groups in total. The Labute approximate surface area is 130 Å². The van der Waals surface area contributed by atoms with Gasteiger partial charge in [0.05, 0.1) is 12.1 Å². The Kier molecular flexibility index (Phi) is 4.96. The van der Waals surface area contributed by atoms with Crippen LogP contribution in [0.25, 0.3) is 0 Å². The molecule has 4 nitrogen and oxygen atoms in total. The van der Waals surface area contributed by atoms with Gasteiger partial charge in [-0.05, 0) is 38.5 Å². The maximum absolute atomic E-state index is 12.9. The molecule has 0 fully saturated rings. The Hall–Kier alpha value is -2.17. The predicted octanol–water partition coefficient (Wildman–Crippen LogP) is 2.86. The van der Waals surface area contributed by atoms with Gasteiger partial charge in [0.1, 0.15) is 5.82 Å². The highest BCUT2D eigenvalue weighted by Crippen LogP contribution is 2.16. The molecule has 22 heavy (non-hydrogen) atoms. The van der Waals surface area contributed by atoms with Crippen molar-refractivity contribution >= 4 is 5.91 Å². The number of amides is 1. The van der Waals surface area contributed by atoms with Gasteiger partial charge in [0.15, 0.2) is 0 Å². The van der Waals surface area contributed by atoms with Crippen molar-refractivity contribution in [2.45, 2.75) is 40.3 Å². The van der Waals surface area contributed by atoms with Crippen molar-refractivity contribution in [1.82, 2.24) is 14.7 Å². The summed E-state index contributed by atoms with van der Waals surface area (Å²) in [6.07, 6.45) is 0.275. The fraction of sp³-hybridized carbons (Fsp3) is 0.412. The number of aryl methyl sites for hydroxylation is 2. The summed E-state index contributed by atoms with van der Waals surface area (Å²) in [5.41, 5.74) is 3.97. The lowest BCUT2D eigenvalue weighted by Gasteiger charge is -2.17. The Morgan fingerprint density at radius 1 is 1.27 bits per heavy atom. The van der Waals surface area contributed by atoms with Crippen LogP contribution >= 0.6 is 0 Å². The Balaban J connectivity index is 2.05. The molecule has 1 heterocycles. The third-order valence-corrected chi connectivity index (χ3v) is 3.92. The molecule has 2 rings (SSSR count). The molecule has 118 valence electrons. The third-order valence-electron chi connectivity index (χ3n) is 3.92. The molecule has 0 spiro atoms. The summed E-state index contributed by atoms with van der Waals surface area (Å²) in [5.74, 6) is -0.280. The number of hydrogen-bond acceptors (Lipinski definition) is 2. The monoisotopic (exact) mass is 303 g/mol. The van der Waals surface area contributed by atoms with E-state index >= 15 is 0 Å². The van der Waals surface area contributed by atoms with Crippen LogP contribution in [-0.4, -0.2) is 27.6 Å². The maximum atomic E-state index is 12.9.